The van der Waals surface area contributed by atoms with Crippen molar-refractivity contribution in [2.45, 2.75) is 32.4 Å². The number of fused-ring (bicyclic) bond motifs is 1. The van der Waals surface area contributed by atoms with Crippen LogP contribution in [0.1, 0.15) is 31.9 Å². The van der Waals surface area contributed by atoms with Gasteiger partial charge >= 0.3 is 5.97 Å². The lowest BCUT2D eigenvalue weighted by Gasteiger charge is -2.20. The average molecular weight is 271 g/mol. The second-order valence-corrected chi connectivity index (χ2v) is 5.66. The minimum atomic E-state index is -0.182. The van der Waals surface area contributed by atoms with Crippen molar-refractivity contribution in [3.63, 3.8) is 0 Å². The Morgan fingerprint density at radius 3 is 2.80 bits per heavy atom. The number of carbonyl (C=O) groups is 1. The number of hydrogen-bond donors (Lipinski definition) is 1. The van der Waals surface area contributed by atoms with E-state index in [1.54, 1.807) is 0 Å². The molecule has 1 aromatic carbocycles. The minimum Gasteiger partial charge on any atom is -0.465 e. The highest BCUT2D eigenvalue weighted by Gasteiger charge is 2.49. The van der Waals surface area contributed by atoms with E-state index in [4.69, 9.17) is 4.74 Å². The predicted octanol–water partition coefficient (Wildman–Crippen LogP) is 2.85. The fourth-order valence-electron chi connectivity index (χ4n) is 3.66. The molecule has 0 saturated carbocycles. The van der Waals surface area contributed by atoms with E-state index in [0.29, 0.717) is 18.4 Å². The van der Waals surface area contributed by atoms with E-state index in [1.807, 2.05) is 13.0 Å². The molecule has 0 amide bonds. The number of benzene rings is 1. The van der Waals surface area contributed by atoms with Crippen LogP contribution < -0.4 is 5.32 Å². The minimum absolute atomic E-state index is 0.107. The smallest absolute Gasteiger partial charge is 0.323 e. The largest absolute Gasteiger partial charge is 0.465 e. The molecule has 0 bridgehead atoms. The monoisotopic (exact) mass is 271 g/mol. The molecule has 1 N–H and O–H groups in total. The molecule has 1 aliphatic heterocycles. The molecule has 2 aliphatic rings. The number of hydrogen-bond acceptors (Lipinski definition) is 3. The maximum Gasteiger partial charge on any atom is 0.323 e. The summed E-state index contributed by atoms with van der Waals surface area (Å²) in [5.41, 5.74) is 2.65. The Kier molecular flexibility index (Phi) is 3.62. The lowest BCUT2D eigenvalue weighted by molar-refractivity contribution is -0.146. The van der Waals surface area contributed by atoms with Crippen LogP contribution in [0.5, 0.6) is 0 Å². The van der Waals surface area contributed by atoms with Crippen molar-refractivity contribution in [2.75, 3.05) is 6.61 Å². The molecule has 4 atom stereocenters. The van der Waals surface area contributed by atoms with Crippen LogP contribution in [0, 0.1) is 11.8 Å². The van der Waals surface area contributed by atoms with Crippen LogP contribution in [0.3, 0.4) is 0 Å². The fraction of sp³-hybridized carbons (Fsp3) is 0.471. The second kappa shape index (κ2) is 5.41. The van der Waals surface area contributed by atoms with Crippen LogP contribution in [0.4, 0.5) is 0 Å². The van der Waals surface area contributed by atoms with Crippen molar-refractivity contribution >= 4 is 5.97 Å². The molecule has 20 heavy (non-hydrogen) atoms. The Balaban J connectivity index is 1.88. The van der Waals surface area contributed by atoms with Gasteiger partial charge in [0.05, 0.1) is 6.61 Å². The van der Waals surface area contributed by atoms with Gasteiger partial charge in [-0.25, -0.2) is 0 Å². The Hall–Kier alpha value is -1.61. The van der Waals surface area contributed by atoms with Gasteiger partial charge in [-0.2, -0.15) is 0 Å². The summed E-state index contributed by atoms with van der Waals surface area (Å²) in [5.74, 6) is 0.634. The molecule has 0 aromatic heterocycles. The van der Waals surface area contributed by atoms with Gasteiger partial charge in [-0.15, -0.1) is 0 Å². The number of ether oxygens (including phenoxy) is 1. The van der Waals surface area contributed by atoms with Crippen molar-refractivity contribution < 1.29 is 9.53 Å². The SMILES string of the molecule is CCOC(=O)[C@H]1N[C@H](c2ccccc2)[C@@H]2C(C)=CC[C@@H]21. The van der Waals surface area contributed by atoms with Crippen LogP contribution in [0.2, 0.25) is 0 Å². The zero-order valence-electron chi connectivity index (χ0n) is 12.0. The van der Waals surface area contributed by atoms with E-state index in [2.05, 4.69) is 42.6 Å². The summed E-state index contributed by atoms with van der Waals surface area (Å²) in [6, 6.07) is 10.4. The maximum absolute atomic E-state index is 12.2. The van der Waals surface area contributed by atoms with Gasteiger partial charge in [0, 0.05) is 12.0 Å². The van der Waals surface area contributed by atoms with Crippen LogP contribution >= 0.6 is 0 Å². The molecule has 3 nitrogen and oxygen atoms in total. The van der Waals surface area contributed by atoms with Crippen LogP contribution in [-0.4, -0.2) is 18.6 Å². The van der Waals surface area contributed by atoms with E-state index in [-0.39, 0.29) is 18.1 Å². The van der Waals surface area contributed by atoms with Gasteiger partial charge in [-0.3, -0.25) is 10.1 Å². The molecule has 1 saturated heterocycles. The summed E-state index contributed by atoms with van der Waals surface area (Å²) in [5, 5.41) is 3.51. The standard InChI is InChI=1S/C17H21NO2/c1-3-20-17(19)16-13-10-9-11(2)14(13)15(18-16)12-7-5-4-6-8-12/h4-9,13-16,18H,3,10H2,1-2H3/t13-,14+,15+,16-/m0/s1. The molecule has 3 heteroatoms. The zero-order chi connectivity index (χ0) is 14.1. The van der Waals surface area contributed by atoms with Crippen LogP contribution in [0.25, 0.3) is 0 Å². The third-order valence-corrected chi connectivity index (χ3v) is 4.54. The summed E-state index contributed by atoms with van der Waals surface area (Å²) >= 11 is 0. The van der Waals surface area contributed by atoms with Gasteiger partial charge in [0.25, 0.3) is 0 Å². The van der Waals surface area contributed by atoms with Gasteiger partial charge in [0.2, 0.25) is 0 Å². The van der Waals surface area contributed by atoms with Crippen molar-refractivity contribution in [1.82, 2.24) is 5.32 Å². The molecule has 0 unspecified atom stereocenters. The first kappa shape index (κ1) is 13.4. The summed E-state index contributed by atoms with van der Waals surface area (Å²) in [6.45, 7) is 4.48. The van der Waals surface area contributed by atoms with Crippen LogP contribution in [-0.2, 0) is 9.53 Å². The Labute approximate surface area is 120 Å². The Bertz CT molecular complexity index is 523. The average Bonchev–Trinajstić information content (AvgIpc) is 3.01. The molecule has 106 valence electrons. The molecule has 1 aromatic rings. The first-order valence-electron chi connectivity index (χ1n) is 7.36. The van der Waals surface area contributed by atoms with Gasteiger partial charge in [0.15, 0.2) is 0 Å². The first-order valence-corrected chi connectivity index (χ1v) is 7.36. The van der Waals surface area contributed by atoms with Crippen molar-refractivity contribution in [1.29, 1.82) is 0 Å². The van der Waals surface area contributed by atoms with Gasteiger partial charge in [-0.05, 0) is 31.7 Å². The maximum atomic E-state index is 12.2. The van der Waals surface area contributed by atoms with Gasteiger partial charge < -0.3 is 4.74 Å². The van der Waals surface area contributed by atoms with E-state index in [0.717, 1.165) is 6.42 Å². The topological polar surface area (TPSA) is 38.3 Å². The highest BCUT2D eigenvalue weighted by atomic mass is 16.5. The summed E-state index contributed by atoms with van der Waals surface area (Å²) < 4.78 is 5.23. The number of nitrogens with one attached hydrogen (secondary N) is 1. The third-order valence-electron chi connectivity index (χ3n) is 4.54. The number of allylic oxidation sites excluding steroid dienone is 1. The molecule has 1 aliphatic carbocycles. The lowest BCUT2D eigenvalue weighted by Crippen LogP contribution is -2.37. The number of carbonyl (C=O) groups excluding carboxylic acids is 1. The highest BCUT2D eigenvalue weighted by molar-refractivity contribution is 5.77. The van der Waals surface area contributed by atoms with Gasteiger partial charge in [-0.1, -0.05) is 42.0 Å². The summed E-state index contributed by atoms with van der Waals surface area (Å²) in [4.78, 5) is 12.2. The summed E-state index contributed by atoms with van der Waals surface area (Å²) in [6.07, 6.45) is 3.24. The van der Waals surface area contributed by atoms with Crippen LogP contribution in [0.15, 0.2) is 42.0 Å². The zero-order valence-corrected chi connectivity index (χ0v) is 12.0. The molecular weight excluding hydrogens is 250 g/mol. The highest BCUT2D eigenvalue weighted by Crippen LogP contribution is 2.47. The van der Waals surface area contributed by atoms with Crippen molar-refractivity contribution in [3.05, 3.63) is 47.5 Å². The first-order chi connectivity index (χ1) is 9.72. The number of rotatable bonds is 3. The van der Waals surface area contributed by atoms with E-state index >= 15 is 0 Å². The fourth-order valence-corrected chi connectivity index (χ4v) is 3.66. The predicted molar refractivity (Wildman–Crippen MR) is 78.1 cm³/mol. The Morgan fingerprint density at radius 1 is 1.35 bits per heavy atom. The van der Waals surface area contributed by atoms with E-state index in [1.165, 1.54) is 11.1 Å². The lowest BCUT2D eigenvalue weighted by atomic mass is 9.84. The molecule has 1 heterocycles. The molecule has 1 fully saturated rings. The molecule has 0 radical (unpaired) electrons. The molecular formula is C17H21NO2. The quantitative estimate of drug-likeness (QED) is 0.678. The summed E-state index contributed by atoms with van der Waals surface area (Å²) in [7, 11) is 0. The third kappa shape index (κ3) is 2.16. The van der Waals surface area contributed by atoms with Crippen molar-refractivity contribution in [2.24, 2.45) is 11.8 Å². The van der Waals surface area contributed by atoms with Crippen molar-refractivity contribution in [3.8, 4) is 0 Å². The molecule has 3 rings (SSSR count). The second-order valence-electron chi connectivity index (χ2n) is 5.66. The van der Waals surface area contributed by atoms with Gasteiger partial charge in [0.1, 0.15) is 6.04 Å². The normalized spacial score (nSPS) is 31.8. The number of esters is 1. The van der Waals surface area contributed by atoms with E-state index in [9.17, 15) is 4.79 Å². The Morgan fingerprint density at radius 2 is 2.10 bits per heavy atom. The van der Waals surface area contributed by atoms with E-state index < -0.39 is 0 Å². The molecule has 0 spiro atoms.